The SMILES string of the molecule is Cc1nc(C(N)=O)c2c(n1)n(-c1ccc(C)c(C)c1)c(=O)n2C. The standard InChI is InChI=1S/C16H17N5O2/c1-8-5-6-11(7-9(8)2)21-15-13(20(4)16(21)23)12(14(17)22)18-10(3)19-15/h5-7H,1-4H3,(H2,17,22). The molecular formula is C16H17N5O2. The number of hydrogen-bond donors (Lipinski definition) is 1. The highest BCUT2D eigenvalue weighted by molar-refractivity contribution is 6.01. The van der Waals surface area contributed by atoms with Crippen LogP contribution in [-0.2, 0) is 7.05 Å². The average molecular weight is 311 g/mol. The van der Waals surface area contributed by atoms with Gasteiger partial charge in [0.25, 0.3) is 5.91 Å². The Hall–Kier alpha value is -2.96. The number of imidazole rings is 1. The Bertz CT molecular complexity index is 1010. The van der Waals surface area contributed by atoms with E-state index in [2.05, 4.69) is 9.97 Å². The molecule has 0 aliphatic rings. The molecule has 2 heterocycles. The number of aryl methyl sites for hydroxylation is 4. The fraction of sp³-hybridized carbons (Fsp3) is 0.250. The number of fused-ring (bicyclic) bond motifs is 1. The quantitative estimate of drug-likeness (QED) is 0.767. The number of nitrogens with two attached hydrogens (primary N) is 1. The van der Waals surface area contributed by atoms with Gasteiger partial charge < -0.3 is 5.73 Å². The highest BCUT2D eigenvalue weighted by Crippen LogP contribution is 2.20. The third kappa shape index (κ3) is 2.21. The number of carbonyl (C=O) groups excluding carboxylic acids is 1. The largest absolute Gasteiger partial charge is 0.364 e. The van der Waals surface area contributed by atoms with Gasteiger partial charge in [-0.1, -0.05) is 6.07 Å². The summed E-state index contributed by atoms with van der Waals surface area (Å²) in [6, 6.07) is 5.71. The molecule has 0 radical (unpaired) electrons. The predicted octanol–water partition coefficient (Wildman–Crippen LogP) is 1.14. The van der Waals surface area contributed by atoms with E-state index in [1.807, 2.05) is 32.0 Å². The van der Waals surface area contributed by atoms with Gasteiger partial charge in [-0.05, 0) is 44.0 Å². The van der Waals surface area contributed by atoms with Gasteiger partial charge in [-0.2, -0.15) is 0 Å². The molecule has 2 N–H and O–H groups in total. The van der Waals surface area contributed by atoms with Crippen LogP contribution in [0.15, 0.2) is 23.0 Å². The average Bonchev–Trinajstić information content (AvgIpc) is 2.73. The molecule has 0 aliphatic heterocycles. The van der Waals surface area contributed by atoms with Crippen molar-refractivity contribution in [2.75, 3.05) is 0 Å². The van der Waals surface area contributed by atoms with Crippen molar-refractivity contribution in [3.05, 3.63) is 51.3 Å². The lowest BCUT2D eigenvalue weighted by molar-refractivity contribution is 0.0996. The Kier molecular flexibility index (Phi) is 3.28. The Morgan fingerprint density at radius 1 is 1.13 bits per heavy atom. The van der Waals surface area contributed by atoms with E-state index in [4.69, 9.17) is 5.73 Å². The molecule has 23 heavy (non-hydrogen) atoms. The van der Waals surface area contributed by atoms with Crippen LogP contribution < -0.4 is 11.4 Å². The van der Waals surface area contributed by atoms with Crippen LogP contribution in [0, 0.1) is 20.8 Å². The summed E-state index contributed by atoms with van der Waals surface area (Å²) in [7, 11) is 1.58. The second kappa shape index (κ2) is 5.05. The van der Waals surface area contributed by atoms with Crippen molar-refractivity contribution in [1.82, 2.24) is 19.1 Å². The minimum atomic E-state index is -0.687. The fourth-order valence-corrected chi connectivity index (χ4v) is 2.62. The highest BCUT2D eigenvalue weighted by atomic mass is 16.2. The summed E-state index contributed by atoms with van der Waals surface area (Å²) in [5, 5.41) is 0. The molecule has 0 saturated heterocycles. The van der Waals surface area contributed by atoms with Crippen molar-refractivity contribution in [2.45, 2.75) is 20.8 Å². The van der Waals surface area contributed by atoms with Gasteiger partial charge in [0, 0.05) is 7.05 Å². The molecule has 0 fully saturated rings. The van der Waals surface area contributed by atoms with Gasteiger partial charge in [-0.3, -0.25) is 9.36 Å². The number of carbonyl (C=O) groups is 1. The van der Waals surface area contributed by atoms with Crippen LogP contribution in [0.4, 0.5) is 0 Å². The van der Waals surface area contributed by atoms with Crippen LogP contribution in [-0.4, -0.2) is 25.0 Å². The molecule has 0 saturated carbocycles. The highest BCUT2D eigenvalue weighted by Gasteiger charge is 2.21. The van der Waals surface area contributed by atoms with Gasteiger partial charge in [0.2, 0.25) is 0 Å². The lowest BCUT2D eigenvalue weighted by Crippen LogP contribution is -2.21. The summed E-state index contributed by atoms with van der Waals surface area (Å²) < 4.78 is 2.83. The van der Waals surface area contributed by atoms with Crippen molar-refractivity contribution in [2.24, 2.45) is 12.8 Å². The van der Waals surface area contributed by atoms with Gasteiger partial charge in [0.1, 0.15) is 11.3 Å². The molecule has 118 valence electrons. The number of hydrogen-bond acceptors (Lipinski definition) is 4. The van der Waals surface area contributed by atoms with E-state index in [1.165, 1.54) is 9.13 Å². The lowest BCUT2D eigenvalue weighted by Gasteiger charge is -2.07. The molecule has 1 amide bonds. The summed E-state index contributed by atoms with van der Waals surface area (Å²) in [5.74, 6) is -0.303. The molecule has 7 nitrogen and oxygen atoms in total. The number of nitrogens with zero attached hydrogens (tertiary/aromatic N) is 4. The molecule has 2 aromatic heterocycles. The summed E-state index contributed by atoms with van der Waals surface area (Å²) in [6.45, 7) is 5.64. The van der Waals surface area contributed by atoms with Crippen LogP contribution in [0.25, 0.3) is 16.9 Å². The molecule has 3 aromatic rings. The minimum Gasteiger partial charge on any atom is -0.364 e. The maximum absolute atomic E-state index is 12.7. The smallest absolute Gasteiger partial charge is 0.334 e. The Balaban J connectivity index is 2.47. The second-order valence-electron chi connectivity index (χ2n) is 5.60. The van der Waals surface area contributed by atoms with Crippen molar-refractivity contribution in [3.8, 4) is 5.69 Å². The predicted molar refractivity (Wildman–Crippen MR) is 86.8 cm³/mol. The summed E-state index contributed by atoms with van der Waals surface area (Å²) in [6.07, 6.45) is 0. The van der Waals surface area contributed by atoms with E-state index in [9.17, 15) is 9.59 Å². The first-order chi connectivity index (χ1) is 10.8. The Labute approximate surface area is 132 Å². The lowest BCUT2D eigenvalue weighted by atomic mass is 10.1. The first-order valence-electron chi connectivity index (χ1n) is 7.14. The zero-order valence-electron chi connectivity index (χ0n) is 13.4. The van der Waals surface area contributed by atoms with Crippen molar-refractivity contribution in [1.29, 1.82) is 0 Å². The van der Waals surface area contributed by atoms with Crippen LogP contribution in [0.3, 0.4) is 0 Å². The van der Waals surface area contributed by atoms with Crippen LogP contribution in [0.2, 0.25) is 0 Å². The van der Waals surface area contributed by atoms with Gasteiger partial charge in [-0.15, -0.1) is 0 Å². The molecule has 0 atom stereocenters. The zero-order chi connectivity index (χ0) is 16.9. The molecule has 0 bridgehead atoms. The Morgan fingerprint density at radius 2 is 1.83 bits per heavy atom. The van der Waals surface area contributed by atoms with Gasteiger partial charge in [0.05, 0.1) is 5.69 Å². The maximum atomic E-state index is 12.7. The minimum absolute atomic E-state index is 0.0506. The van der Waals surface area contributed by atoms with E-state index < -0.39 is 5.91 Å². The Morgan fingerprint density at radius 3 is 2.43 bits per heavy atom. The fourth-order valence-electron chi connectivity index (χ4n) is 2.62. The number of benzene rings is 1. The molecule has 0 unspecified atom stereocenters. The van der Waals surface area contributed by atoms with E-state index in [-0.39, 0.29) is 11.4 Å². The second-order valence-corrected chi connectivity index (χ2v) is 5.60. The third-order valence-electron chi connectivity index (χ3n) is 3.98. The third-order valence-corrected chi connectivity index (χ3v) is 3.98. The molecular weight excluding hydrogens is 294 g/mol. The monoisotopic (exact) mass is 311 g/mol. The molecule has 1 aromatic carbocycles. The number of primary amides is 1. The summed E-state index contributed by atoms with van der Waals surface area (Å²) in [5.41, 5.74) is 8.76. The number of rotatable bonds is 2. The van der Waals surface area contributed by atoms with Crippen molar-refractivity contribution >= 4 is 17.1 Å². The normalized spacial score (nSPS) is 11.1. The van der Waals surface area contributed by atoms with Gasteiger partial charge >= 0.3 is 5.69 Å². The van der Waals surface area contributed by atoms with Gasteiger partial charge in [0.15, 0.2) is 11.3 Å². The van der Waals surface area contributed by atoms with Crippen LogP contribution >= 0.6 is 0 Å². The first-order valence-corrected chi connectivity index (χ1v) is 7.14. The van der Waals surface area contributed by atoms with Gasteiger partial charge in [-0.25, -0.2) is 19.3 Å². The molecule has 3 rings (SSSR count). The molecule has 0 aliphatic carbocycles. The van der Waals surface area contributed by atoms with Crippen LogP contribution in [0.1, 0.15) is 27.4 Å². The summed E-state index contributed by atoms with van der Waals surface area (Å²) in [4.78, 5) is 32.8. The number of aromatic nitrogens is 4. The number of amides is 1. The van der Waals surface area contributed by atoms with Crippen molar-refractivity contribution < 1.29 is 4.79 Å². The maximum Gasteiger partial charge on any atom is 0.334 e. The van der Waals surface area contributed by atoms with E-state index in [1.54, 1.807) is 14.0 Å². The van der Waals surface area contributed by atoms with E-state index >= 15 is 0 Å². The molecule has 0 spiro atoms. The van der Waals surface area contributed by atoms with Crippen LogP contribution in [0.5, 0.6) is 0 Å². The summed E-state index contributed by atoms with van der Waals surface area (Å²) >= 11 is 0. The van der Waals surface area contributed by atoms with E-state index in [0.29, 0.717) is 22.7 Å². The zero-order valence-corrected chi connectivity index (χ0v) is 13.4. The molecule has 7 heteroatoms. The van der Waals surface area contributed by atoms with Crippen molar-refractivity contribution in [3.63, 3.8) is 0 Å². The first kappa shape index (κ1) is 15.0. The topological polar surface area (TPSA) is 95.8 Å². The van der Waals surface area contributed by atoms with E-state index in [0.717, 1.165) is 11.1 Å².